The normalized spacial score (nSPS) is 9.47. The van der Waals surface area contributed by atoms with Crippen molar-refractivity contribution >= 4 is 5.97 Å². The van der Waals surface area contributed by atoms with E-state index in [2.05, 4.69) is 6.58 Å². The van der Waals surface area contributed by atoms with Gasteiger partial charge >= 0.3 is 5.97 Å². The number of methoxy groups -OCH3 is 1. The van der Waals surface area contributed by atoms with Gasteiger partial charge < -0.3 is 9.47 Å². The summed E-state index contributed by atoms with van der Waals surface area (Å²) in [5.41, 5.74) is 1.24. The van der Waals surface area contributed by atoms with Crippen LogP contribution in [0.1, 0.15) is 17.3 Å². The largest absolute Gasteiger partial charge is 0.496 e. The lowest BCUT2D eigenvalue weighted by Crippen LogP contribution is -2.08. The lowest BCUT2D eigenvalue weighted by molar-refractivity contribution is 0.0537. The molecule has 0 bridgehead atoms. The molecule has 0 aliphatic heterocycles. The van der Waals surface area contributed by atoms with Crippen LogP contribution >= 0.6 is 0 Å². The first kappa shape index (κ1) is 11.3. The maximum absolute atomic E-state index is 11.6. The SMILES string of the molecule is C=C(C)COC(=O)c1ccccc1OC. The first-order chi connectivity index (χ1) is 7.15. The van der Waals surface area contributed by atoms with Crippen molar-refractivity contribution in [2.24, 2.45) is 0 Å². The van der Waals surface area contributed by atoms with Gasteiger partial charge in [0.2, 0.25) is 0 Å². The van der Waals surface area contributed by atoms with Crippen molar-refractivity contribution in [2.75, 3.05) is 13.7 Å². The summed E-state index contributed by atoms with van der Waals surface area (Å²) in [7, 11) is 1.52. The second-order valence-corrected chi connectivity index (χ2v) is 3.23. The molecule has 0 aliphatic rings. The number of para-hydroxylation sites is 1. The second-order valence-electron chi connectivity index (χ2n) is 3.23. The van der Waals surface area contributed by atoms with E-state index in [-0.39, 0.29) is 6.61 Å². The molecular formula is C12H14O3. The summed E-state index contributed by atoms with van der Waals surface area (Å²) >= 11 is 0. The van der Waals surface area contributed by atoms with E-state index in [1.54, 1.807) is 31.2 Å². The Bertz CT molecular complexity index is 369. The van der Waals surface area contributed by atoms with Gasteiger partial charge in [-0.05, 0) is 24.6 Å². The molecule has 1 aromatic carbocycles. The number of carbonyl (C=O) groups is 1. The van der Waals surface area contributed by atoms with Gasteiger partial charge in [0, 0.05) is 0 Å². The van der Waals surface area contributed by atoms with Crippen LogP contribution in [-0.4, -0.2) is 19.7 Å². The molecule has 0 amide bonds. The highest BCUT2D eigenvalue weighted by atomic mass is 16.5. The fraction of sp³-hybridized carbons (Fsp3) is 0.250. The molecule has 1 aromatic rings. The predicted molar refractivity (Wildman–Crippen MR) is 58.1 cm³/mol. The van der Waals surface area contributed by atoms with Crippen molar-refractivity contribution < 1.29 is 14.3 Å². The standard InChI is InChI=1S/C12H14O3/c1-9(2)8-15-12(13)10-6-4-5-7-11(10)14-3/h4-7H,1,8H2,2-3H3. The Kier molecular flexibility index (Phi) is 3.92. The fourth-order valence-corrected chi connectivity index (χ4v) is 1.08. The Morgan fingerprint density at radius 1 is 1.40 bits per heavy atom. The maximum atomic E-state index is 11.6. The van der Waals surface area contributed by atoms with Crippen molar-refractivity contribution in [2.45, 2.75) is 6.92 Å². The topological polar surface area (TPSA) is 35.5 Å². The van der Waals surface area contributed by atoms with Gasteiger partial charge in [0.1, 0.15) is 17.9 Å². The number of benzene rings is 1. The van der Waals surface area contributed by atoms with Crippen LogP contribution in [0.2, 0.25) is 0 Å². The number of ether oxygens (including phenoxy) is 2. The molecule has 0 N–H and O–H groups in total. The summed E-state index contributed by atoms with van der Waals surface area (Å²) in [6.45, 7) is 5.69. The fourth-order valence-electron chi connectivity index (χ4n) is 1.08. The van der Waals surface area contributed by atoms with Crippen LogP contribution in [0.5, 0.6) is 5.75 Å². The number of carbonyl (C=O) groups excluding carboxylic acids is 1. The molecule has 0 spiro atoms. The lowest BCUT2D eigenvalue weighted by Gasteiger charge is -2.07. The monoisotopic (exact) mass is 206 g/mol. The van der Waals surface area contributed by atoms with E-state index in [4.69, 9.17) is 9.47 Å². The Morgan fingerprint density at radius 3 is 2.67 bits per heavy atom. The number of rotatable bonds is 4. The zero-order chi connectivity index (χ0) is 11.3. The van der Waals surface area contributed by atoms with Gasteiger partial charge in [-0.25, -0.2) is 4.79 Å². The third-order valence-electron chi connectivity index (χ3n) is 1.78. The van der Waals surface area contributed by atoms with E-state index in [9.17, 15) is 4.79 Å². The van der Waals surface area contributed by atoms with E-state index in [1.807, 2.05) is 0 Å². The second kappa shape index (κ2) is 5.20. The quantitative estimate of drug-likeness (QED) is 0.560. The molecule has 1 rings (SSSR count). The van der Waals surface area contributed by atoms with E-state index in [0.29, 0.717) is 11.3 Å². The van der Waals surface area contributed by atoms with Crippen LogP contribution in [0.4, 0.5) is 0 Å². The minimum Gasteiger partial charge on any atom is -0.496 e. The van der Waals surface area contributed by atoms with E-state index < -0.39 is 5.97 Å². The zero-order valence-corrected chi connectivity index (χ0v) is 8.95. The zero-order valence-electron chi connectivity index (χ0n) is 8.95. The van der Waals surface area contributed by atoms with Crippen molar-refractivity contribution in [1.29, 1.82) is 0 Å². The van der Waals surface area contributed by atoms with Gasteiger partial charge in [-0.1, -0.05) is 18.7 Å². The minimum absolute atomic E-state index is 0.233. The Hall–Kier alpha value is -1.77. The Labute approximate surface area is 89.3 Å². The Morgan fingerprint density at radius 2 is 2.07 bits per heavy atom. The summed E-state index contributed by atoms with van der Waals surface area (Å²) in [4.78, 5) is 11.6. The first-order valence-electron chi connectivity index (χ1n) is 4.59. The average Bonchev–Trinajstić information content (AvgIpc) is 2.25. The summed E-state index contributed by atoms with van der Waals surface area (Å²) in [5.74, 6) is 0.125. The summed E-state index contributed by atoms with van der Waals surface area (Å²) < 4.78 is 10.1. The van der Waals surface area contributed by atoms with Gasteiger partial charge in [-0.2, -0.15) is 0 Å². The molecule has 0 radical (unpaired) electrons. The summed E-state index contributed by atoms with van der Waals surface area (Å²) in [6, 6.07) is 6.95. The molecule has 3 heteroatoms. The molecule has 3 nitrogen and oxygen atoms in total. The van der Waals surface area contributed by atoms with Gasteiger partial charge in [0.25, 0.3) is 0 Å². The first-order valence-corrected chi connectivity index (χ1v) is 4.59. The molecular weight excluding hydrogens is 192 g/mol. The molecule has 0 aromatic heterocycles. The number of esters is 1. The van der Waals surface area contributed by atoms with Gasteiger partial charge in [0.15, 0.2) is 0 Å². The number of hydrogen-bond acceptors (Lipinski definition) is 3. The minimum atomic E-state index is -0.393. The van der Waals surface area contributed by atoms with Crippen LogP contribution < -0.4 is 4.74 Å². The third-order valence-corrected chi connectivity index (χ3v) is 1.78. The molecule has 15 heavy (non-hydrogen) atoms. The van der Waals surface area contributed by atoms with Gasteiger partial charge in [0.05, 0.1) is 7.11 Å². The molecule has 0 unspecified atom stereocenters. The maximum Gasteiger partial charge on any atom is 0.342 e. The van der Waals surface area contributed by atoms with E-state index in [1.165, 1.54) is 7.11 Å². The summed E-state index contributed by atoms with van der Waals surface area (Å²) in [6.07, 6.45) is 0. The molecule has 0 heterocycles. The lowest BCUT2D eigenvalue weighted by atomic mass is 10.2. The Balaban J connectivity index is 2.77. The van der Waals surface area contributed by atoms with Crippen LogP contribution in [0.3, 0.4) is 0 Å². The van der Waals surface area contributed by atoms with Crippen LogP contribution in [0.25, 0.3) is 0 Å². The van der Waals surface area contributed by atoms with Crippen LogP contribution in [-0.2, 0) is 4.74 Å². The van der Waals surface area contributed by atoms with Crippen molar-refractivity contribution in [3.8, 4) is 5.75 Å². The molecule has 0 aliphatic carbocycles. The van der Waals surface area contributed by atoms with E-state index >= 15 is 0 Å². The molecule has 0 atom stereocenters. The smallest absolute Gasteiger partial charge is 0.342 e. The molecule has 0 saturated carbocycles. The number of hydrogen-bond donors (Lipinski definition) is 0. The van der Waals surface area contributed by atoms with Crippen LogP contribution in [0.15, 0.2) is 36.4 Å². The van der Waals surface area contributed by atoms with Crippen molar-refractivity contribution in [3.05, 3.63) is 42.0 Å². The van der Waals surface area contributed by atoms with Gasteiger partial charge in [-0.15, -0.1) is 0 Å². The molecule has 80 valence electrons. The average molecular weight is 206 g/mol. The van der Waals surface area contributed by atoms with E-state index in [0.717, 1.165) is 5.57 Å². The van der Waals surface area contributed by atoms with Crippen LogP contribution in [0, 0.1) is 0 Å². The van der Waals surface area contributed by atoms with Crippen molar-refractivity contribution in [3.63, 3.8) is 0 Å². The van der Waals surface area contributed by atoms with Crippen molar-refractivity contribution in [1.82, 2.24) is 0 Å². The third kappa shape index (κ3) is 3.13. The highest BCUT2D eigenvalue weighted by Crippen LogP contribution is 2.18. The summed E-state index contributed by atoms with van der Waals surface area (Å²) in [5, 5.41) is 0. The predicted octanol–water partition coefficient (Wildman–Crippen LogP) is 2.43. The highest BCUT2D eigenvalue weighted by Gasteiger charge is 2.12. The molecule has 0 fully saturated rings. The molecule has 0 saturated heterocycles. The highest BCUT2D eigenvalue weighted by molar-refractivity contribution is 5.92. The van der Waals surface area contributed by atoms with Gasteiger partial charge in [-0.3, -0.25) is 0 Å².